The topological polar surface area (TPSA) is 74.8 Å². The van der Waals surface area contributed by atoms with Crippen LogP contribution in [0.4, 0.5) is 11.8 Å². The summed E-state index contributed by atoms with van der Waals surface area (Å²) in [6, 6.07) is 14.9. The van der Waals surface area contributed by atoms with E-state index < -0.39 is 0 Å². The van der Waals surface area contributed by atoms with Gasteiger partial charge in [0.2, 0.25) is 5.95 Å². The summed E-state index contributed by atoms with van der Waals surface area (Å²) in [5.41, 5.74) is 2.19. The zero-order valence-corrected chi connectivity index (χ0v) is 20.7. The van der Waals surface area contributed by atoms with E-state index in [0.717, 1.165) is 62.3 Å². The Balaban J connectivity index is 1.51. The molecule has 4 rings (SSSR count). The van der Waals surface area contributed by atoms with Crippen LogP contribution in [-0.2, 0) is 6.54 Å². The molecule has 0 spiro atoms. The van der Waals surface area contributed by atoms with E-state index in [4.69, 9.17) is 19.4 Å². The van der Waals surface area contributed by atoms with E-state index in [0.29, 0.717) is 23.5 Å². The minimum Gasteiger partial charge on any atom is -0.493 e. The number of aromatic nitrogens is 2. The van der Waals surface area contributed by atoms with Crippen LogP contribution < -0.4 is 20.1 Å². The smallest absolute Gasteiger partial charge is 0.225 e. The van der Waals surface area contributed by atoms with Crippen LogP contribution in [0, 0.1) is 0 Å². The third kappa shape index (κ3) is 6.07. The lowest BCUT2D eigenvalue weighted by molar-refractivity contribution is 0.211. The molecule has 1 aromatic heterocycles. The molecule has 8 nitrogen and oxygen atoms in total. The van der Waals surface area contributed by atoms with Gasteiger partial charge in [-0.25, -0.2) is 4.98 Å². The maximum atomic E-state index is 5.55. The van der Waals surface area contributed by atoms with Gasteiger partial charge in [0, 0.05) is 50.2 Å². The van der Waals surface area contributed by atoms with Crippen molar-refractivity contribution < 1.29 is 9.47 Å². The highest BCUT2D eigenvalue weighted by molar-refractivity contribution is 5.92. The van der Waals surface area contributed by atoms with Crippen molar-refractivity contribution in [2.75, 3.05) is 65.1 Å². The van der Waals surface area contributed by atoms with Crippen LogP contribution in [-0.4, -0.2) is 80.3 Å². The average Bonchev–Trinajstić information content (AvgIpc) is 2.85. The Morgan fingerprint density at radius 2 is 1.71 bits per heavy atom. The molecule has 0 bridgehead atoms. The van der Waals surface area contributed by atoms with Crippen molar-refractivity contribution in [3.05, 3.63) is 48.0 Å². The lowest BCUT2D eigenvalue weighted by atomic mass is 10.0. The zero-order chi connectivity index (χ0) is 23.9. The highest BCUT2D eigenvalue weighted by atomic mass is 16.5. The summed E-state index contributed by atoms with van der Waals surface area (Å²) in [5.74, 6) is 2.78. The van der Waals surface area contributed by atoms with Gasteiger partial charge in [-0.1, -0.05) is 30.3 Å². The second kappa shape index (κ2) is 11.4. The van der Waals surface area contributed by atoms with Crippen LogP contribution in [0.15, 0.2) is 42.5 Å². The maximum absolute atomic E-state index is 5.55. The fourth-order valence-corrected chi connectivity index (χ4v) is 4.31. The predicted molar refractivity (Wildman–Crippen MR) is 138 cm³/mol. The van der Waals surface area contributed by atoms with Crippen LogP contribution in [0.1, 0.15) is 18.4 Å². The minimum absolute atomic E-state index is 0.354. The number of benzene rings is 2. The molecule has 0 radical (unpaired) electrons. The van der Waals surface area contributed by atoms with E-state index in [9.17, 15) is 0 Å². The number of methoxy groups -OCH3 is 2. The summed E-state index contributed by atoms with van der Waals surface area (Å²) >= 11 is 0. The largest absolute Gasteiger partial charge is 0.493 e. The summed E-state index contributed by atoms with van der Waals surface area (Å²) < 4.78 is 11.1. The summed E-state index contributed by atoms with van der Waals surface area (Å²) in [4.78, 5) is 14.2. The number of piperidine rings is 1. The predicted octanol–water partition coefficient (Wildman–Crippen LogP) is 3.70. The summed E-state index contributed by atoms with van der Waals surface area (Å²) in [6.07, 6.45) is 2.13. The van der Waals surface area contributed by atoms with E-state index in [1.165, 1.54) is 5.56 Å². The lowest BCUT2D eigenvalue weighted by Gasteiger charge is -2.33. The zero-order valence-electron chi connectivity index (χ0n) is 20.7. The molecule has 182 valence electrons. The van der Waals surface area contributed by atoms with E-state index in [1.807, 2.05) is 12.1 Å². The molecule has 0 unspecified atom stereocenters. The quantitative estimate of drug-likeness (QED) is 0.471. The monoisotopic (exact) mass is 464 g/mol. The molecule has 1 saturated heterocycles. The Labute approximate surface area is 202 Å². The Kier molecular flexibility index (Phi) is 8.03. The number of hydrogen-bond acceptors (Lipinski definition) is 8. The fraction of sp³-hybridized carbons (Fsp3) is 0.462. The first-order valence-electron chi connectivity index (χ1n) is 11.9. The first kappa shape index (κ1) is 24.0. The normalized spacial score (nSPS) is 15.0. The molecule has 1 aliphatic rings. The van der Waals surface area contributed by atoms with Crippen molar-refractivity contribution in [2.24, 2.45) is 0 Å². The van der Waals surface area contributed by atoms with E-state index in [-0.39, 0.29) is 0 Å². The molecule has 8 heteroatoms. The van der Waals surface area contributed by atoms with Crippen molar-refractivity contribution in [3.63, 3.8) is 0 Å². The number of rotatable bonds is 10. The van der Waals surface area contributed by atoms with Crippen LogP contribution in [0.25, 0.3) is 10.9 Å². The van der Waals surface area contributed by atoms with Crippen molar-refractivity contribution in [1.29, 1.82) is 0 Å². The molecule has 34 heavy (non-hydrogen) atoms. The van der Waals surface area contributed by atoms with Crippen LogP contribution in [0.2, 0.25) is 0 Å². The number of nitrogens with zero attached hydrogens (tertiary/aromatic N) is 4. The summed E-state index contributed by atoms with van der Waals surface area (Å²) in [5, 5.41) is 8.01. The molecule has 0 atom stereocenters. The molecule has 1 fully saturated rings. The van der Waals surface area contributed by atoms with Gasteiger partial charge < -0.3 is 25.0 Å². The average molecular weight is 465 g/mol. The van der Waals surface area contributed by atoms with E-state index in [2.05, 4.69) is 64.9 Å². The standard InChI is InChI=1S/C26H36N6O2/c1-31(2)15-12-27-26-29-22-17-24(34-4)23(33-3)16-21(22)25(30-26)28-20-10-13-32(14-11-20)18-19-8-6-5-7-9-19/h5-9,16-17,20H,10-15,18H2,1-4H3,(H2,27,28,29,30). The Bertz CT molecular complexity index is 1070. The Morgan fingerprint density at radius 1 is 1.00 bits per heavy atom. The van der Waals surface area contributed by atoms with Gasteiger partial charge in [-0.15, -0.1) is 0 Å². The Hall–Kier alpha value is -3.10. The van der Waals surface area contributed by atoms with Crippen molar-refractivity contribution in [1.82, 2.24) is 19.8 Å². The molecule has 0 aliphatic carbocycles. The molecule has 2 heterocycles. The molecule has 2 N–H and O–H groups in total. The number of anilines is 2. The number of ether oxygens (including phenoxy) is 2. The van der Waals surface area contributed by atoms with Gasteiger partial charge >= 0.3 is 0 Å². The Morgan fingerprint density at radius 3 is 2.38 bits per heavy atom. The molecular formula is C26H36N6O2. The fourth-order valence-electron chi connectivity index (χ4n) is 4.31. The number of likely N-dealkylation sites (N-methyl/N-ethyl adjacent to an activating group) is 1. The number of hydrogen-bond donors (Lipinski definition) is 2. The molecule has 1 aliphatic heterocycles. The second-order valence-corrected chi connectivity index (χ2v) is 9.03. The van der Waals surface area contributed by atoms with Crippen LogP contribution >= 0.6 is 0 Å². The van der Waals surface area contributed by atoms with Gasteiger partial charge in [-0.2, -0.15) is 4.98 Å². The van der Waals surface area contributed by atoms with Crippen LogP contribution in [0.5, 0.6) is 11.5 Å². The van der Waals surface area contributed by atoms with Crippen molar-refractivity contribution >= 4 is 22.7 Å². The lowest BCUT2D eigenvalue weighted by Crippen LogP contribution is -2.38. The number of fused-ring (bicyclic) bond motifs is 1. The summed E-state index contributed by atoms with van der Waals surface area (Å²) in [6.45, 7) is 4.78. The molecule has 2 aromatic carbocycles. The van der Waals surface area contributed by atoms with Gasteiger partial charge in [0.1, 0.15) is 5.82 Å². The van der Waals surface area contributed by atoms with Gasteiger partial charge in [-0.05, 0) is 38.6 Å². The van der Waals surface area contributed by atoms with Crippen molar-refractivity contribution in [3.8, 4) is 11.5 Å². The van der Waals surface area contributed by atoms with Gasteiger partial charge in [-0.3, -0.25) is 4.90 Å². The van der Waals surface area contributed by atoms with Crippen molar-refractivity contribution in [2.45, 2.75) is 25.4 Å². The molecule has 3 aromatic rings. The highest BCUT2D eigenvalue weighted by Gasteiger charge is 2.21. The van der Waals surface area contributed by atoms with Gasteiger partial charge in [0.15, 0.2) is 11.5 Å². The third-order valence-corrected chi connectivity index (χ3v) is 6.22. The minimum atomic E-state index is 0.354. The second-order valence-electron chi connectivity index (χ2n) is 9.03. The first-order valence-corrected chi connectivity index (χ1v) is 11.9. The van der Waals surface area contributed by atoms with E-state index in [1.54, 1.807) is 14.2 Å². The molecule has 0 amide bonds. The molecule has 0 saturated carbocycles. The molecular weight excluding hydrogens is 428 g/mol. The third-order valence-electron chi connectivity index (χ3n) is 6.22. The number of likely N-dealkylation sites (tertiary alicyclic amines) is 1. The van der Waals surface area contributed by atoms with Gasteiger partial charge in [0.25, 0.3) is 0 Å². The van der Waals surface area contributed by atoms with Gasteiger partial charge in [0.05, 0.1) is 19.7 Å². The van der Waals surface area contributed by atoms with Crippen LogP contribution in [0.3, 0.4) is 0 Å². The highest BCUT2D eigenvalue weighted by Crippen LogP contribution is 2.35. The summed E-state index contributed by atoms with van der Waals surface area (Å²) in [7, 11) is 7.40. The van der Waals surface area contributed by atoms with E-state index >= 15 is 0 Å². The maximum Gasteiger partial charge on any atom is 0.225 e. The number of nitrogens with one attached hydrogen (secondary N) is 2. The SMILES string of the molecule is COc1cc2nc(NCCN(C)C)nc(NC3CCN(Cc4ccccc4)CC3)c2cc1OC. The first-order chi connectivity index (χ1) is 16.6.